The van der Waals surface area contributed by atoms with Gasteiger partial charge in [-0.25, -0.2) is 0 Å². The van der Waals surface area contributed by atoms with E-state index >= 15 is 0 Å². The van der Waals surface area contributed by atoms with Crippen molar-refractivity contribution in [3.63, 3.8) is 0 Å². The Balaban J connectivity index is 1.91. The van der Waals surface area contributed by atoms with E-state index in [9.17, 15) is 4.79 Å². The molecule has 1 aromatic rings. The number of carbonyl (C=O) groups is 1. The quantitative estimate of drug-likeness (QED) is 0.897. The number of rotatable bonds is 5. The highest BCUT2D eigenvalue weighted by atomic mass is 16.5. The smallest absolute Gasteiger partial charge is 0.253 e. The molecule has 0 unspecified atom stereocenters. The van der Waals surface area contributed by atoms with Crippen molar-refractivity contribution in [1.82, 2.24) is 10.2 Å². The number of piperidine rings is 1. The van der Waals surface area contributed by atoms with Gasteiger partial charge in [0.1, 0.15) is 5.75 Å². The van der Waals surface area contributed by atoms with Crippen molar-refractivity contribution in [1.29, 1.82) is 0 Å². The van der Waals surface area contributed by atoms with E-state index in [2.05, 4.69) is 12.2 Å². The molecule has 0 atom stereocenters. The molecule has 0 bridgehead atoms. The van der Waals surface area contributed by atoms with E-state index in [4.69, 9.17) is 4.74 Å². The van der Waals surface area contributed by atoms with Gasteiger partial charge in [-0.2, -0.15) is 0 Å². The summed E-state index contributed by atoms with van der Waals surface area (Å²) in [7, 11) is 1.62. The van der Waals surface area contributed by atoms with Crippen LogP contribution >= 0.6 is 0 Å². The Bertz CT molecular complexity index is 440. The Kier molecular flexibility index (Phi) is 5.41. The summed E-state index contributed by atoms with van der Waals surface area (Å²) in [6, 6.07) is 7.94. The summed E-state index contributed by atoms with van der Waals surface area (Å²) < 4.78 is 5.17. The van der Waals surface area contributed by atoms with Gasteiger partial charge in [0, 0.05) is 24.7 Å². The van der Waals surface area contributed by atoms with E-state index in [1.165, 1.54) is 0 Å². The molecule has 1 heterocycles. The van der Waals surface area contributed by atoms with Crippen molar-refractivity contribution in [3.05, 3.63) is 29.8 Å². The van der Waals surface area contributed by atoms with Gasteiger partial charge in [0.15, 0.2) is 0 Å². The summed E-state index contributed by atoms with van der Waals surface area (Å²) in [5.41, 5.74) is 0.712. The van der Waals surface area contributed by atoms with Crippen LogP contribution in [-0.2, 0) is 0 Å². The Morgan fingerprint density at radius 2 is 2.15 bits per heavy atom. The molecule has 2 rings (SSSR count). The molecular weight excluding hydrogens is 252 g/mol. The minimum absolute atomic E-state index is 0.109. The minimum atomic E-state index is 0.109. The molecule has 1 aliphatic heterocycles. The number of carbonyl (C=O) groups excluding carboxylic acids is 1. The fourth-order valence-corrected chi connectivity index (χ4v) is 2.57. The topological polar surface area (TPSA) is 41.6 Å². The lowest BCUT2D eigenvalue weighted by atomic mass is 10.0. The summed E-state index contributed by atoms with van der Waals surface area (Å²) in [6.45, 7) is 4.90. The number of amides is 1. The van der Waals surface area contributed by atoms with Crippen molar-refractivity contribution >= 4 is 5.91 Å². The number of benzene rings is 1. The van der Waals surface area contributed by atoms with E-state index in [0.29, 0.717) is 11.6 Å². The Labute approximate surface area is 121 Å². The van der Waals surface area contributed by atoms with Gasteiger partial charge >= 0.3 is 0 Å². The Morgan fingerprint density at radius 3 is 2.80 bits per heavy atom. The predicted molar refractivity (Wildman–Crippen MR) is 80.2 cm³/mol. The minimum Gasteiger partial charge on any atom is -0.497 e. The fraction of sp³-hybridized carbons (Fsp3) is 0.562. The lowest BCUT2D eigenvalue weighted by Crippen LogP contribution is -2.45. The van der Waals surface area contributed by atoms with Gasteiger partial charge in [-0.05, 0) is 44.0 Å². The van der Waals surface area contributed by atoms with Crippen LogP contribution in [0.2, 0.25) is 0 Å². The number of nitrogens with zero attached hydrogens (tertiary/aromatic N) is 1. The molecule has 1 N–H and O–H groups in total. The maximum atomic E-state index is 12.4. The van der Waals surface area contributed by atoms with E-state index in [1.54, 1.807) is 7.11 Å². The Morgan fingerprint density at radius 1 is 1.40 bits per heavy atom. The van der Waals surface area contributed by atoms with E-state index in [-0.39, 0.29) is 5.91 Å². The maximum absolute atomic E-state index is 12.4. The monoisotopic (exact) mass is 276 g/mol. The molecule has 1 fully saturated rings. The first kappa shape index (κ1) is 14.9. The highest BCUT2D eigenvalue weighted by Crippen LogP contribution is 2.17. The third kappa shape index (κ3) is 3.73. The highest BCUT2D eigenvalue weighted by molar-refractivity contribution is 5.94. The number of likely N-dealkylation sites (tertiary alicyclic amines) is 1. The second-order valence-corrected chi connectivity index (χ2v) is 5.25. The van der Waals surface area contributed by atoms with Gasteiger partial charge in [-0.1, -0.05) is 13.0 Å². The third-order valence-electron chi connectivity index (χ3n) is 3.78. The summed E-state index contributed by atoms with van der Waals surface area (Å²) in [4.78, 5) is 14.4. The van der Waals surface area contributed by atoms with Gasteiger partial charge in [-0.15, -0.1) is 0 Å². The molecule has 0 spiro atoms. The van der Waals surface area contributed by atoms with Crippen LogP contribution in [0.25, 0.3) is 0 Å². The molecule has 4 heteroatoms. The molecule has 0 aromatic heterocycles. The van der Waals surface area contributed by atoms with Crippen LogP contribution in [0.3, 0.4) is 0 Å². The van der Waals surface area contributed by atoms with Gasteiger partial charge in [0.2, 0.25) is 0 Å². The van der Waals surface area contributed by atoms with Crippen molar-refractivity contribution < 1.29 is 9.53 Å². The predicted octanol–water partition coefficient (Wildman–Crippen LogP) is 2.30. The Hall–Kier alpha value is -1.55. The SMILES string of the molecule is CCCNC1CCN(C(=O)c2cccc(OC)c2)CC1. The van der Waals surface area contributed by atoms with Crippen LogP contribution < -0.4 is 10.1 Å². The van der Waals surface area contributed by atoms with Crippen molar-refractivity contribution in [2.75, 3.05) is 26.7 Å². The molecule has 20 heavy (non-hydrogen) atoms. The molecule has 1 amide bonds. The third-order valence-corrected chi connectivity index (χ3v) is 3.78. The van der Waals surface area contributed by atoms with Gasteiger partial charge in [-0.3, -0.25) is 4.79 Å². The van der Waals surface area contributed by atoms with Crippen LogP contribution in [-0.4, -0.2) is 43.6 Å². The number of hydrogen-bond donors (Lipinski definition) is 1. The number of nitrogens with one attached hydrogen (secondary N) is 1. The molecule has 1 aromatic carbocycles. The average Bonchev–Trinajstić information content (AvgIpc) is 2.52. The molecule has 0 saturated carbocycles. The standard InChI is InChI=1S/C16H24N2O2/c1-3-9-17-14-7-10-18(11-8-14)16(19)13-5-4-6-15(12-13)20-2/h4-6,12,14,17H,3,7-11H2,1-2H3. The lowest BCUT2D eigenvalue weighted by Gasteiger charge is -2.32. The van der Waals surface area contributed by atoms with E-state index < -0.39 is 0 Å². The summed E-state index contributed by atoms with van der Waals surface area (Å²) in [5, 5.41) is 3.53. The van der Waals surface area contributed by atoms with Crippen molar-refractivity contribution in [2.45, 2.75) is 32.2 Å². The molecule has 4 nitrogen and oxygen atoms in total. The largest absolute Gasteiger partial charge is 0.497 e. The van der Waals surface area contributed by atoms with Crippen LogP contribution in [0, 0.1) is 0 Å². The van der Waals surface area contributed by atoms with Crippen LogP contribution in [0.1, 0.15) is 36.5 Å². The zero-order valence-electron chi connectivity index (χ0n) is 12.4. The van der Waals surface area contributed by atoms with Crippen molar-refractivity contribution in [3.8, 4) is 5.75 Å². The maximum Gasteiger partial charge on any atom is 0.253 e. The highest BCUT2D eigenvalue weighted by Gasteiger charge is 2.23. The second kappa shape index (κ2) is 7.29. The average molecular weight is 276 g/mol. The molecule has 0 radical (unpaired) electrons. The first-order chi connectivity index (χ1) is 9.74. The molecular formula is C16H24N2O2. The number of hydrogen-bond acceptors (Lipinski definition) is 3. The first-order valence-corrected chi connectivity index (χ1v) is 7.41. The number of methoxy groups -OCH3 is 1. The number of ether oxygens (including phenoxy) is 1. The summed E-state index contributed by atoms with van der Waals surface area (Å²) in [6.07, 6.45) is 3.23. The molecule has 110 valence electrons. The molecule has 1 aliphatic rings. The molecule has 1 saturated heterocycles. The van der Waals surface area contributed by atoms with E-state index in [1.807, 2.05) is 29.2 Å². The summed E-state index contributed by atoms with van der Waals surface area (Å²) >= 11 is 0. The summed E-state index contributed by atoms with van der Waals surface area (Å²) in [5.74, 6) is 0.841. The van der Waals surface area contributed by atoms with Crippen LogP contribution in [0.15, 0.2) is 24.3 Å². The van der Waals surface area contributed by atoms with Crippen LogP contribution in [0.4, 0.5) is 0 Å². The molecule has 0 aliphatic carbocycles. The zero-order valence-corrected chi connectivity index (χ0v) is 12.4. The van der Waals surface area contributed by atoms with Gasteiger partial charge in [0.05, 0.1) is 7.11 Å². The first-order valence-electron chi connectivity index (χ1n) is 7.41. The van der Waals surface area contributed by atoms with E-state index in [0.717, 1.165) is 44.6 Å². The van der Waals surface area contributed by atoms with Gasteiger partial charge in [0.25, 0.3) is 5.91 Å². The zero-order chi connectivity index (χ0) is 14.4. The lowest BCUT2D eigenvalue weighted by molar-refractivity contribution is 0.0705. The van der Waals surface area contributed by atoms with Crippen molar-refractivity contribution in [2.24, 2.45) is 0 Å². The fourth-order valence-electron chi connectivity index (χ4n) is 2.57. The van der Waals surface area contributed by atoms with Gasteiger partial charge < -0.3 is 15.0 Å². The van der Waals surface area contributed by atoms with Crippen LogP contribution in [0.5, 0.6) is 5.75 Å². The second-order valence-electron chi connectivity index (χ2n) is 5.25. The normalized spacial score (nSPS) is 16.2.